The lowest BCUT2D eigenvalue weighted by molar-refractivity contribution is 0.102. The fraction of sp³-hybridized carbons (Fsp3) is 0.133. The second kappa shape index (κ2) is 6.13. The predicted octanol–water partition coefficient (Wildman–Crippen LogP) is 3.74. The van der Waals surface area contributed by atoms with Gasteiger partial charge >= 0.3 is 0 Å². The Morgan fingerprint density at radius 1 is 1.33 bits per heavy atom. The highest BCUT2D eigenvalue weighted by Gasteiger charge is 2.13. The van der Waals surface area contributed by atoms with Crippen molar-refractivity contribution < 1.29 is 13.9 Å². The number of nitrogens with two attached hydrogens (primary N) is 1. The maximum atomic E-state index is 13.6. The van der Waals surface area contributed by atoms with Gasteiger partial charge in [0.05, 0.1) is 7.11 Å². The molecule has 0 radical (unpaired) electrons. The summed E-state index contributed by atoms with van der Waals surface area (Å²) in [6, 6.07) is 7.61. The first-order chi connectivity index (χ1) is 9.92. The highest BCUT2D eigenvalue weighted by Crippen LogP contribution is 2.25. The minimum absolute atomic E-state index is 0.121. The smallest absolute Gasteiger partial charge is 0.256 e. The Balaban J connectivity index is 2.28. The number of benzene rings is 2. The van der Waals surface area contributed by atoms with E-state index in [1.807, 2.05) is 0 Å². The van der Waals surface area contributed by atoms with Gasteiger partial charge in [-0.25, -0.2) is 4.39 Å². The molecule has 2 aromatic carbocycles. The van der Waals surface area contributed by atoms with Crippen molar-refractivity contribution in [3.05, 3.63) is 51.7 Å². The molecule has 0 aromatic heterocycles. The fourth-order valence-electron chi connectivity index (χ4n) is 1.88. The monoisotopic (exact) mass is 352 g/mol. The number of carbonyl (C=O) groups excluding carboxylic acids is 1. The number of hydrogen-bond donors (Lipinski definition) is 2. The summed E-state index contributed by atoms with van der Waals surface area (Å²) in [6.07, 6.45) is 0. The van der Waals surface area contributed by atoms with Gasteiger partial charge in [-0.2, -0.15) is 0 Å². The van der Waals surface area contributed by atoms with Crippen LogP contribution in [-0.4, -0.2) is 13.0 Å². The lowest BCUT2D eigenvalue weighted by atomic mass is 10.1. The predicted molar refractivity (Wildman–Crippen MR) is 84.2 cm³/mol. The van der Waals surface area contributed by atoms with Crippen LogP contribution in [0.25, 0.3) is 0 Å². The highest BCUT2D eigenvalue weighted by atomic mass is 79.9. The first-order valence-electron chi connectivity index (χ1n) is 6.13. The zero-order valence-corrected chi connectivity index (χ0v) is 13.1. The molecule has 0 bridgehead atoms. The molecular formula is C15H14BrFN2O2. The van der Waals surface area contributed by atoms with Gasteiger partial charge in [-0.05, 0) is 36.8 Å². The Kier molecular flexibility index (Phi) is 4.47. The standard InChI is InChI=1S/C15H14BrFN2O2/c1-8-11(5-9(16)6-13(8)18)15(20)19-10-3-4-14(21-2)12(17)7-10/h3-7H,18H2,1-2H3,(H,19,20). The molecular weight excluding hydrogens is 339 g/mol. The molecule has 110 valence electrons. The molecule has 0 spiro atoms. The number of amides is 1. The van der Waals surface area contributed by atoms with Crippen molar-refractivity contribution >= 4 is 33.2 Å². The zero-order valence-electron chi connectivity index (χ0n) is 11.5. The van der Waals surface area contributed by atoms with Crippen LogP contribution in [0.4, 0.5) is 15.8 Å². The van der Waals surface area contributed by atoms with Crippen molar-refractivity contribution in [2.24, 2.45) is 0 Å². The molecule has 1 amide bonds. The van der Waals surface area contributed by atoms with E-state index in [9.17, 15) is 9.18 Å². The quantitative estimate of drug-likeness (QED) is 0.827. The van der Waals surface area contributed by atoms with Crippen LogP contribution in [0.5, 0.6) is 5.75 Å². The van der Waals surface area contributed by atoms with Gasteiger partial charge in [-0.3, -0.25) is 4.79 Å². The minimum atomic E-state index is -0.541. The van der Waals surface area contributed by atoms with E-state index in [4.69, 9.17) is 10.5 Å². The number of rotatable bonds is 3. The van der Waals surface area contributed by atoms with Crippen molar-refractivity contribution in [1.82, 2.24) is 0 Å². The average molecular weight is 353 g/mol. The van der Waals surface area contributed by atoms with E-state index < -0.39 is 5.82 Å². The third kappa shape index (κ3) is 3.33. The number of carbonyl (C=O) groups is 1. The summed E-state index contributed by atoms with van der Waals surface area (Å²) in [4.78, 5) is 12.3. The SMILES string of the molecule is COc1ccc(NC(=O)c2cc(Br)cc(N)c2C)cc1F. The van der Waals surface area contributed by atoms with Crippen LogP contribution in [0.1, 0.15) is 15.9 Å². The lowest BCUT2D eigenvalue weighted by Gasteiger charge is -2.11. The number of halogens is 2. The fourth-order valence-corrected chi connectivity index (χ4v) is 2.35. The van der Waals surface area contributed by atoms with Gasteiger partial charge < -0.3 is 15.8 Å². The molecule has 0 fully saturated rings. The van der Waals surface area contributed by atoms with E-state index in [2.05, 4.69) is 21.2 Å². The number of nitrogens with one attached hydrogen (secondary N) is 1. The number of hydrogen-bond acceptors (Lipinski definition) is 3. The normalized spacial score (nSPS) is 10.3. The summed E-state index contributed by atoms with van der Waals surface area (Å²) in [5, 5.41) is 2.63. The molecule has 4 nitrogen and oxygen atoms in total. The number of anilines is 2. The summed E-state index contributed by atoms with van der Waals surface area (Å²) in [6.45, 7) is 1.76. The number of nitrogen functional groups attached to an aromatic ring is 1. The van der Waals surface area contributed by atoms with Gasteiger partial charge in [0.25, 0.3) is 5.91 Å². The second-order valence-electron chi connectivity index (χ2n) is 4.47. The number of methoxy groups -OCH3 is 1. The van der Waals surface area contributed by atoms with Crippen LogP contribution in [0.3, 0.4) is 0 Å². The Labute approximate surface area is 130 Å². The van der Waals surface area contributed by atoms with E-state index in [0.29, 0.717) is 27.0 Å². The van der Waals surface area contributed by atoms with Crippen molar-refractivity contribution in [2.75, 3.05) is 18.2 Å². The van der Waals surface area contributed by atoms with E-state index in [-0.39, 0.29) is 11.7 Å². The van der Waals surface area contributed by atoms with E-state index in [1.165, 1.54) is 19.2 Å². The summed E-state index contributed by atoms with van der Waals surface area (Å²) >= 11 is 3.29. The molecule has 6 heteroatoms. The third-order valence-electron chi connectivity index (χ3n) is 3.07. The van der Waals surface area contributed by atoms with Gasteiger partial charge in [0.15, 0.2) is 11.6 Å². The maximum Gasteiger partial charge on any atom is 0.256 e. The molecule has 0 unspecified atom stereocenters. The number of ether oxygens (including phenoxy) is 1. The lowest BCUT2D eigenvalue weighted by Crippen LogP contribution is -2.14. The maximum absolute atomic E-state index is 13.6. The Morgan fingerprint density at radius 3 is 2.67 bits per heavy atom. The van der Waals surface area contributed by atoms with E-state index in [0.717, 1.165) is 0 Å². The van der Waals surface area contributed by atoms with Crippen LogP contribution >= 0.6 is 15.9 Å². The molecule has 0 aliphatic heterocycles. The summed E-state index contributed by atoms with van der Waals surface area (Å²) in [5.41, 5.74) is 7.78. The Bertz CT molecular complexity index is 704. The molecule has 0 atom stereocenters. The molecule has 2 rings (SSSR count). The molecule has 0 saturated heterocycles. The summed E-state index contributed by atoms with van der Waals surface area (Å²) in [5.74, 6) is -0.776. The topological polar surface area (TPSA) is 64.3 Å². The summed E-state index contributed by atoms with van der Waals surface area (Å²) in [7, 11) is 1.38. The van der Waals surface area contributed by atoms with Gasteiger partial charge in [0.1, 0.15) is 0 Å². The van der Waals surface area contributed by atoms with Crippen LogP contribution < -0.4 is 15.8 Å². The van der Waals surface area contributed by atoms with Crippen LogP contribution in [0.15, 0.2) is 34.8 Å². The average Bonchev–Trinajstić information content (AvgIpc) is 2.43. The van der Waals surface area contributed by atoms with Crippen LogP contribution in [0.2, 0.25) is 0 Å². The molecule has 3 N–H and O–H groups in total. The van der Waals surface area contributed by atoms with E-state index >= 15 is 0 Å². The summed E-state index contributed by atoms with van der Waals surface area (Å²) < 4.78 is 19.1. The first-order valence-corrected chi connectivity index (χ1v) is 6.92. The van der Waals surface area contributed by atoms with E-state index in [1.54, 1.807) is 25.1 Å². The molecule has 0 heterocycles. The van der Waals surface area contributed by atoms with Gasteiger partial charge in [-0.1, -0.05) is 15.9 Å². The Hall–Kier alpha value is -2.08. The van der Waals surface area contributed by atoms with Gasteiger partial charge in [0.2, 0.25) is 0 Å². The van der Waals surface area contributed by atoms with Crippen molar-refractivity contribution in [2.45, 2.75) is 6.92 Å². The molecule has 2 aromatic rings. The largest absolute Gasteiger partial charge is 0.494 e. The highest BCUT2D eigenvalue weighted by molar-refractivity contribution is 9.10. The van der Waals surface area contributed by atoms with Crippen LogP contribution in [-0.2, 0) is 0 Å². The second-order valence-corrected chi connectivity index (χ2v) is 5.39. The molecule has 0 saturated carbocycles. The first kappa shape index (κ1) is 15.3. The van der Waals surface area contributed by atoms with Crippen molar-refractivity contribution in [1.29, 1.82) is 0 Å². The van der Waals surface area contributed by atoms with Crippen molar-refractivity contribution in [3.8, 4) is 5.75 Å². The van der Waals surface area contributed by atoms with Gasteiger partial charge in [-0.15, -0.1) is 0 Å². The van der Waals surface area contributed by atoms with Crippen LogP contribution in [0, 0.1) is 12.7 Å². The van der Waals surface area contributed by atoms with Crippen molar-refractivity contribution in [3.63, 3.8) is 0 Å². The molecule has 0 aliphatic carbocycles. The Morgan fingerprint density at radius 2 is 2.05 bits per heavy atom. The molecule has 21 heavy (non-hydrogen) atoms. The van der Waals surface area contributed by atoms with Gasteiger partial charge in [0, 0.05) is 27.5 Å². The zero-order chi connectivity index (χ0) is 15.6. The molecule has 0 aliphatic rings. The minimum Gasteiger partial charge on any atom is -0.494 e. The third-order valence-corrected chi connectivity index (χ3v) is 3.52.